The Bertz CT molecular complexity index is 266. The highest BCUT2D eigenvalue weighted by Crippen LogP contribution is 2.06. The second-order valence-electron chi connectivity index (χ2n) is 4.45. The van der Waals surface area contributed by atoms with E-state index in [1.807, 2.05) is 0 Å². The Morgan fingerprint density at radius 2 is 2.06 bits per heavy atom. The zero-order chi connectivity index (χ0) is 13.5. The van der Waals surface area contributed by atoms with Crippen LogP contribution in [0.15, 0.2) is 0 Å². The zero-order valence-electron chi connectivity index (χ0n) is 10.4. The molecule has 0 aliphatic carbocycles. The molecule has 0 aliphatic rings. The number of hydrogen-bond donors (Lipinski definition) is 3. The summed E-state index contributed by atoms with van der Waals surface area (Å²) >= 11 is 1.37. The number of nitrogens with two attached hydrogens (primary N) is 1. The molecule has 0 aromatic carbocycles. The number of nitrogens with one attached hydrogen (secondary N) is 1. The largest absolute Gasteiger partial charge is 0.480 e. The fraction of sp³-hybridized carbons (Fsp3) is 0.800. The third-order valence-electron chi connectivity index (χ3n) is 1.53. The highest BCUT2D eigenvalue weighted by Gasteiger charge is 2.15. The predicted octanol–water partition coefficient (Wildman–Crippen LogP) is 0.656. The molecule has 0 radical (unpaired) electrons. The lowest BCUT2D eigenvalue weighted by Gasteiger charge is -2.19. The second kappa shape index (κ2) is 7.39. The van der Waals surface area contributed by atoms with E-state index in [4.69, 9.17) is 15.6 Å². The fourth-order valence-corrected chi connectivity index (χ4v) is 1.63. The number of hydrogen-bond acceptors (Lipinski definition) is 5. The van der Waals surface area contributed by atoms with Crippen molar-refractivity contribution in [3.63, 3.8) is 0 Å². The quantitative estimate of drug-likeness (QED) is 0.609. The van der Waals surface area contributed by atoms with Crippen molar-refractivity contribution in [2.45, 2.75) is 32.4 Å². The van der Waals surface area contributed by atoms with Crippen molar-refractivity contribution in [3.8, 4) is 0 Å². The van der Waals surface area contributed by atoms with Gasteiger partial charge in [0.2, 0.25) is 0 Å². The average Bonchev–Trinajstić information content (AvgIpc) is 2.13. The molecule has 100 valence electrons. The van der Waals surface area contributed by atoms with Crippen molar-refractivity contribution in [1.82, 2.24) is 5.32 Å². The van der Waals surface area contributed by atoms with Crippen LogP contribution in [0.3, 0.4) is 0 Å². The van der Waals surface area contributed by atoms with E-state index in [1.54, 1.807) is 20.8 Å². The van der Waals surface area contributed by atoms with Gasteiger partial charge < -0.3 is 20.9 Å². The minimum atomic E-state index is -1.02. The van der Waals surface area contributed by atoms with Crippen molar-refractivity contribution >= 4 is 23.8 Å². The number of rotatable bonds is 6. The Balaban J connectivity index is 3.52. The summed E-state index contributed by atoms with van der Waals surface area (Å²) in [6.45, 7) is 5.78. The lowest BCUT2D eigenvalue weighted by molar-refractivity contribution is -0.137. The standard InChI is InChI=1S/C10H20N2O4S/c1-10(2,3)16-9(15)12-4-5-17-6-7(11)8(13)14/h7H,4-6,11H2,1-3H3,(H,12,15)(H,13,14)/t7-/m0/s1. The Morgan fingerprint density at radius 3 is 2.53 bits per heavy atom. The van der Waals surface area contributed by atoms with Crippen molar-refractivity contribution in [1.29, 1.82) is 0 Å². The minimum Gasteiger partial charge on any atom is -0.480 e. The topological polar surface area (TPSA) is 102 Å². The van der Waals surface area contributed by atoms with E-state index < -0.39 is 23.7 Å². The van der Waals surface area contributed by atoms with Gasteiger partial charge in [0.05, 0.1) is 0 Å². The minimum absolute atomic E-state index is 0.325. The number of thioether (sulfide) groups is 1. The maximum atomic E-state index is 11.2. The fourth-order valence-electron chi connectivity index (χ4n) is 0.821. The van der Waals surface area contributed by atoms with Crippen LogP contribution >= 0.6 is 11.8 Å². The molecule has 0 aliphatic heterocycles. The highest BCUT2D eigenvalue weighted by atomic mass is 32.2. The van der Waals surface area contributed by atoms with Crippen molar-refractivity contribution in [3.05, 3.63) is 0 Å². The molecule has 0 spiro atoms. The van der Waals surface area contributed by atoms with Gasteiger partial charge in [-0.05, 0) is 20.8 Å². The molecule has 0 bridgehead atoms. The second-order valence-corrected chi connectivity index (χ2v) is 5.60. The van der Waals surface area contributed by atoms with Gasteiger partial charge in [0.15, 0.2) is 0 Å². The SMILES string of the molecule is CC(C)(C)OC(=O)NCCSC[C@H](N)C(=O)O. The Kier molecular flexibility index (Phi) is 6.98. The Morgan fingerprint density at radius 1 is 1.47 bits per heavy atom. The van der Waals surface area contributed by atoms with Gasteiger partial charge in [-0.3, -0.25) is 4.79 Å². The smallest absolute Gasteiger partial charge is 0.407 e. The van der Waals surface area contributed by atoms with Crippen molar-refractivity contribution in [2.75, 3.05) is 18.1 Å². The van der Waals surface area contributed by atoms with E-state index in [9.17, 15) is 9.59 Å². The number of alkyl carbamates (subject to hydrolysis) is 1. The first-order valence-electron chi connectivity index (χ1n) is 5.25. The van der Waals surface area contributed by atoms with Crippen LogP contribution in [-0.4, -0.2) is 46.9 Å². The van der Waals surface area contributed by atoms with Crippen LogP contribution < -0.4 is 11.1 Å². The molecule has 0 unspecified atom stereocenters. The van der Waals surface area contributed by atoms with Gasteiger partial charge in [0.25, 0.3) is 0 Å². The summed E-state index contributed by atoms with van der Waals surface area (Å²) in [6.07, 6.45) is -0.472. The van der Waals surface area contributed by atoms with Crippen LogP contribution in [0.4, 0.5) is 4.79 Å². The van der Waals surface area contributed by atoms with Crippen molar-refractivity contribution < 1.29 is 19.4 Å². The van der Waals surface area contributed by atoms with Crippen LogP contribution in [0.2, 0.25) is 0 Å². The van der Waals surface area contributed by atoms with Crippen LogP contribution in [0.25, 0.3) is 0 Å². The van der Waals surface area contributed by atoms with Gasteiger partial charge in [-0.25, -0.2) is 4.79 Å². The summed E-state index contributed by atoms with van der Waals surface area (Å²) < 4.78 is 5.03. The number of aliphatic carboxylic acids is 1. The van der Waals surface area contributed by atoms with Gasteiger partial charge in [-0.15, -0.1) is 0 Å². The molecule has 0 aromatic rings. The summed E-state index contributed by atoms with van der Waals surface area (Å²) in [4.78, 5) is 21.6. The van der Waals surface area contributed by atoms with E-state index in [2.05, 4.69) is 5.32 Å². The van der Waals surface area contributed by atoms with E-state index in [-0.39, 0.29) is 0 Å². The molecule has 1 amide bonds. The number of carboxylic acids is 1. The lowest BCUT2D eigenvalue weighted by atomic mass is 10.2. The van der Waals surface area contributed by atoms with Gasteiger partial charge >= 0.3 is 12.1 Å². The average molecular weight is 264 g/mol. The van der Waals surface area contributed by atoms with Gasteiger partial charge in [-0.1, -0.05) is 0 Å². The number of carbonyl (C=O) groups is 2. The molecule has 0 heterocycles. The van der Waals surface area contributed by atoms with Gasteiger partial charge in [0, 0.05) is 18.1 Å². The number of ether oxygens (including phenoxy) is 1. The Labute approximate surface area is 105 Å². The summed E-state index contributed by atoms with van der Waals surface area (Å²) in [5, 5.41) is 11.1. The van der Waals surface area contributed by atoms with Crippen LogP contribution in [-0.2, 0) is 9.53 Å². The maximum absolute atomic E-state index is 11.2. The molecular weight excluding hydrogens is 244 g/mol. The Hall–Kier alpha value is -0.950. The summed E-state index contributed by atoms with van der Waals surface area (Å²) in [5.74, 6) is -0.0939. The van der Waals surface area contributed by atoms with Crippen LogP contribution in [0, 0.1) is 0 Å². The molecule has 1 atom stereocenters. The first kappa shape index (κ1) is 16.1. The van der Waals surface area contributed by atoms with Crippen molar-refractivity contribution in [2.24, 2.45) is 5.73 Å². The summed E-state index contributed by atoms with van der Waals surface area (Å²) in [7, 11) is 0. The predicted molar refractivity (Wildman–Crippen MR) is 67.2 cm³/mol. The highest BCUT2D eigenvalue weighted by molar-refractivity contribution is 7.99. The molecule has 7 heteroatoms. The molecule has 4 N–H and O–H groups in total. The number of carboxylic acid groups (broad SMARTS) is 1. The molecule has 6 nitrogen and oxygen atoms in total. The maximum Gasteiger partial charge on any atom is 0.407 e. The number of amides is 1. The number of carbonyl (C=O) groups excluding carboxylic acids is 1. The van der Waals surface area contributed by atoms with Gasteiger partial charge in [0.1, 0.15) is 11.6 Å². The van der Waals surface area contributed by atoms with Gasteiger partial charge in [-0.2, -0.15) is 11.8 Å². The first-order chi connectivity index (χ1) is 7.72. The zero-order valence-corrected chi connectivity index (χ0v) is 11.2. The van der Waals surface area contributed by atoms with E-state index in [1.165, 1.54) is 11.8 Å². The molecule has 0 saturated carbocycles. The monoisotopic (exact) mass is 264 g/mol. The third-order valence-corrected chi connectivity index (χ3v) is 2.62. The molecule has 0 rings (SSSR count). The van der Waals surface area contributed by atoms with E-state index in [0.717, 1.165) is 0 Å². The summed E-state index contributed by atoms with van der Waals surface area (Å²) in [6, 6.07) is -0.860. The van der Waals surface area contributed by atoms with E-state index in [0.29, 0.717) is 18.1 Å². The van der Waals surface area contributed by atoms with Crippen LogP contribution in [0.1, 0.15) is 20.8 Å². The molecule has 0 aromatic heterocycles. The third kappa shape index (κ3) is 9.95. The molecule has 0 fully saturated rings. The molecular formula is C10H20N2O4S. The first-order valence-corrected chi connectivity index (χ1v) is 6.41. The van der Waals surface area contributed by atoms with E-state index >= 15 is 0 Å². The normalized spacial score (nSPS) is 12.9. The lowest BCUT2D eigenvalue weighted by Crippen LogP contribution is -2.35. The molecule has 17 heavy (non-hydrogen) atoms. The van der Waals surface area contributed by atoms with Crippen LogP contribution in [0.5, 0.6) is 0 Å². The molecule has 0 saturated heterocycles. The summed E-state index contributed by atoms with van der Waals surface area (Å²) in [5.41, 5.74) is 4.80.